The zero-order chi connectivity index (χ0) is 20.0. The third kappa shape index (κ3) is 3.36. The van der Waals surface area contributed by atoms with E-state index in [1.807, 2.05) is 28.8 Å². The highest BCUT2D eigenvalue weighted by atomic mass is 35.5. The predicted octanol–water partition coefficient (Wildman–Crippen LogP) is 4.03. The maximum atomic E-state index is 12.5. The number of rotatable bonds is 7. The van der Waals surface area contributed by atoms with E-state index in [0.29, 0.717) is 17.5 Å². The van der Waals surface area contributed by atoms with Crippen molar-refractivity contribution in [1.82, 2.24) is 19.1 Å². The summed E-state index contributed by atoms with van der Waals surface area (Å²) < 4.78 is 4.15. The Morgan fingerprint density at radius 1 is 1.17 bits per heavy atom. The van der Waals surface area contributed by atoms with Crippen LogP contribution >= 0.6 is 11.6 Å². The molecule has 3 aromatic heterocycles. The fourth-order valence-electron chi connectivity index (χ4n) is 4.20. The highest BCUT2D eigenvalue weighted by molar-refractivity contribution is 6.31. The van der Waals surface area contributed by atoms with Crippen molar-refractivity contribution in [3.8, 4) is 0 Å². The first-order chi connectivity index (χ1) is 14.2. The zero-order valence-corrected chi connectivity index (χ0v) is 16.8. The highest BCUT2D eigenvalue weighted by Gasteiger charge is 2.28. The van der Waals surface area contributed by atoms with Gasteiger partial charge in [-0.05, 0) is 56.0 Å². The summed E-state index contributed by atoms with van der Waals surface area (Å²) in [6.07, 6.45) is 6.18. The third-order valence-electron chi connectivity index (χ3n) is 5.72. The van der Waals surface area contributed by atoms with Gasteiger partial charge in [0, 0.05) is 53.4 Å². The number of imidazole rings is 1. The van der Waals surface area contributed by atoms with Gasteiger partial charge in [0.05, 0.1) is 16.7 Å². The Hall–Kier alpha value is -2.57. The van der Waals surface area contributed by atoms with Gasteiger partial charge in [0.15, 0.2) is 0 Å². The number of hydrogen-bond donors (Lipinski definition) is 2. The number of pyridine rings is 1. The van der Waals surface area contributed by atoms with Crippen LogP contribution in [0.1, 0.15) is 43.1 Å². The molecular weight excluding hydrogens is 388 g/mol. The van der Waals surface area contributed by atoms with E-state index in [1.54, 1.807) is 6.20 Å². The van der Waals surface area contributed by atoms with Crippen molar-refractivity contribution in [2.75, 3.05) is 6.61 Å². The lowest BCUT2D eigenvalue weighted by Crippen LogP contribution is -2.14. The molecule has 7 heteroatoms. The summed E-state index contributed by atoms with van der Waals surface area (Å²) in [6.45, 7) is 1.01. The molecule has 3 heterocycles. The van der Waals surface area contributed by atoms with E-state index in [1.165, 1.54) is 0 Å². The van der Waals surface area contributed by atoms with Crippen LogP contribution in [0.4, 0.5) is 0 Å². The molecule has 1 aliphatic carbocycles. The molecule has 0 radical (unpaired) electrons. The number of benzene rings is 1. The van der Waals surface area contributed by atoms with Crippen molar-refractivity contribution < 1.29 is 5.11 Å². The van der Waals surface area contributed by atoms with Crippen molar-refractivity contribution in [3.63, 3.8) is 0 Å². The number of nitrogens with zero attached hydrogens (tertiary/aromatic N) is 3. The van der Waals surface area contributed by atoms with E-state index in [0.717, 1.165) is 65.6 Å². The van der Waals surface area contributed by atoms with Crippen molar-refractivity contribution >= 4 is 33.5 Å². The predicted molar refractivity (Wildman–Crippen MR) is 115 cm³/mol. The minimum absolute atomic E-state index is 0.0491. The van der Waals surface area contributed by atoms with Crippen LogP contribution in [0.25, 0.3) is 21.9 Å². The molecule has 1 aliphatic rings. The third-order valence-corrected chi connectivity index (χ3v) is 5.95. The van der Waals surface area contributed by atoms with Gasteiger partial charge in [-0.15, -0.1) is 0 Å². The van der Waals surface area contributed by atoms with E-state index in [9.17, 15) is 9.90 Å². The van der Waals surface area contributed by atoms with E-state index < -0.39 is 0 Å². The van der Waals surface area contributed by atoms with Crippen molar-refractivity contribution in [3.05, 3.63) is 63.4 Å². The van der Waals surface area contributed by atoms with Gasteiger partial charge >= 0.3 is 5.69 Å². The molecule has 6 nitrogen and oxygen atoms in total. The monoisotopic (exact) mass is 410 g/mol. The molecule has 0 saturated heterocycles. The highest BCUT2D eigenvalue weighted by Crippen LogP contribution is 2.36. The van der Waals surface area contributed by atoms with Crippen LogP contribution in [0.2, 0.25) is 5.02 Å². The zero-order valence-electron chi connectivity index (χ0n) is 16.1. The van der Waals surface area contributed by atoms with Gasteiger partial charge in [0.25, 0.3) is 0 Å². The molecule has 1 saturated carbocycles. The minimum atomic E-state index is -0.0491. The van der Waals surface area contributed by atoms with Gasteiger partial charge in [0.2, 0.25) is 0 Å². The Kier molecular flexibility index (Phi) is 4.68. The molecule has 0 aliphatic heterocycles. The molecule has 0 unspecified atom stereocenters. The molecule has 29 heavy (non-hydrogen) atoms. The molecule has 2 N–H and O–H groups in total. The minimum Gasteiger partial charge on any atom is -0.396 e. The Labute approximate surface area is 172 Å². The topological polar surface area (TPSA) is 75.8 Å². The molecule has 0 amide bonds. The van der Waals surface area contributed by atoms with Crippen LogP contribution in [0.3, 0.4) is 0 Å². The van der Waals surface area contributed by atoms with Crippen LogP contribution in [0, 0.1) is 0 Å². The normalized spacial score (nSPS) is 14.3. The number of hydrogen-bond acceptors (Lipinski definition) is 3. The Morgan fingerprint density at radius 2 is 2.03 bits per heavy atom. The fraction of sp³-hybridized carbons (Fsp3) is 0.364. The lowest BCUT2D eigenvalue weighted by molar-refractivity contribution is 0.281. The van der Waals surface area contributed by atoms with Crippen LogP contribution in [0.15, 0.2) is 41.3 Å². The number of aryl methyl sites for hydroxylation is 1. The Bertz CT molecular complexity index is 1250. The molecule has 0 bridgehead atoms. The summed E-state index contributed by atoms with van der Waals surface area (Å²) in [5, 5.41) is 11.0. The average Bonchev–Trinajstić information content (AvgIpc) is 3.39. The first kappa shape index (κ1) is 18.5. The number of nitrogens with one attached hydrogen (secondary N) is 1. The standard InChI is InChI=1S/C22H23ClN4O2/c23-15-3-6-19-14(11-15)12-17(26(19)9-1-2-10-28)13-18-21-20(7-8-24-18)27(16-4-5-16)22(29)25-21/h3,6-8,11-12,16,28H,1-2,4-5,9-10,13H2,(H,25,29). The smallest absolute Gasteiger partial charge is 0.326 e. The van der Waals surface area contributed by atoms with Crippen LogP contribution in [-0.4, -0.2) is 30.8 Å². The largest absolute Gasteiger partial charge is 0.396 e. The number of fused-ring (bicyclic) bond motifs is 2. The first-order valence-electron chi connectivity index (χ1n) is 10.1. The summed E-state index contributed by atoms with van der Waals surface area (Å²) in [6, 6.07) is 10.3. The Morgan fingerprint density at radius 3 is 2.83 bits per heavy atom. The maximum absolute atomic E-state index is 12.5. The number of unbranched alkanes of at least 4 members (excludes halogenated alkanes) is 1. The lowest BCUT2D eigenvalue weighted by atomic mass is 10.1. The SMILES string of the molecule is O=c1[nH]c2c(Cc3cc4cc(Cl)ccc4n3CCCCO)nccc2n1C1CC1. The van der Waals surface area contributed by atoms with Crippen molar-refractivity contribution in [2.45, 2.75) is 44.7 Å². The molecule has 4 aromatic rings. The van der Waals surface area contributed by atoms with Gasteiger partial charge in [0.1, 0.15) is 0 Å². The molecule has 5 rings (SSSR count). The van der Waals surface area contributed by atoms with Crippen LogP contribution < -0.4 is 5.69 Å². The first-order valence-corrected chi connectivity index (χ1v) is 10.5. The second kappa shape index (κ2) is 7.35. The average molecular weight is 411 g/mol. The summed E-state index contributed by atoms with van der Waals surface area (Å²) in [4.78, 5) is 20.1. The molecule has 0 spiro atoms. The van der Waals surface area contributed by atoms with Crippen LogP contribution in [-0.2, 0) is 13.0 Å². The van der Waals surface area contributed by atoms with Crippen molar-refractivity contribution in [2.24, 2.45) is 0 Å². The van der Waals surface area contributed by atoms with Gasteiger partial charge in [-0.25, -0.2) is 4.79 Å². The van der Waals surface area contributed by atoms with Crippen molar-refractivity contribution in [1.29, 1.82) is 0 Å². The molecule has 1 aromatic carbocycles. The van der Waals surface area contributed by atoms with Gasteiger partial charge in [-0.2, -0.15) is 0 Å². The summed E-state index contributed by atoms with van der Waals surface area (Å²) >= 11 is 6.20. The second-order valence-corrected chi connectivity index (χ2v) is 8.22. The Balaban J connectivity index is 1.58. The maximum Gasteiger partial charge on any atom is 0.326 e. The van der Waals surface area contributed by atoms with Gasteiger partial charge in [-0.1, -0.05) is 11.6 Å². The summed E-state index contributed by atoms with van der Waals surface area (Å²) in [5.74, 6) is 0. The molecule has 0 atom stereocenters. The number of H-pyrrole nitrogens is 1. The number of halogens is 1. The van der Waals surface area contributed by atoms with Gasteiger partial charge in [-0.3, -0.25) is 9.55 Å². The summed E-state index contributed by atoms with van der Waals surface area (Å²) in [5.41, 5.74) is 4.84. The van der Waals surface area contributed by atoms with E-state index in [2.05, 4.69) is 20.6 Å². The molecule has 1 fully saturated rings. The second-order valence-electron chi connectivity index (χ2n) is 7.78. The number of aliphatic hydroxyl groups is 1. The van der Waals surface area contributed by atoms with E-state index in [-0.39, 0.29) is 12.3 Å². The fourth-order valence-corrected chi connectivity index (χ4v) is 4.38. The van der Waals surface area contributed by atoms with Crippen LogP contribution in [0.5, 0.6) is 0 Å². The summed E-state index contributed by atoms with van der Waals surface area (Å²) in [7, 11) is 0. The number of aromatic amines is 1. The van der Waals surface area contributed by atoms with E-state index >= 15 is 0 Å². The number of aromatic nitrogens is 4. The molecular formula is C22H23ClN4O2. The quantitative estimate of drug-likeness (QED) is 0.451. The number of aliphatic hydroxyl groups excluding tert-OH is 1. The van der Waals surface area contributed by atoms with Gasteiger partial charge < -0.3 is 14.7 Å². The van der Waals surface area contributed by atoms with E-state index in [4.69, 9.17) is 11.6 Å². The lowest BCUT2D eigenvalue weighted by Gasteiger charge is -2.11. The molecule has 150 valence electrons.